The largest absolute Gasteiger partial charge is 0.423 e. The van der Waals surface area contributed by atoms with E-state index in [1.165, 1.54) is 0 Å². The summed E-state index contributed by atoms with van der Waals surface area (Å²) in [5.41, 5.74) is 3.32. The fraction of sp³-hybridized carbons (Fsp3) is 0.333. The Bertz CT molecular complexity index is 826. The van der Waals surface area contributed by atoms with E-state index >= 15 is 0 Å². The number of rotatable bonds is 4. The Morgan fingerprint density at radius 3 is 2.74 bits per heavy atom. The van der Waals surface area contributed by atoms with Crippen molar-refractivity contribution in [3.05, 3.63) is 35.5 Å². The third kappa shape index (κ3) is 3.48. The number of hydrogen-bond donors (Lipinski definition) is 2. The van der Waals surface area contributed by atoms with Crippen molar-refractivity contribution >= 4 is 33.3 Å². The molecule has 0 aliphatic carbocycles. The second kappa shape index (κ2) is 6.33. The Morgan fingerprint density at radius 2 is 2.00 bits per heavy atom. The summed E-state index contributed by atoms with van der Waals surface area (Å²) >= 11 is 1.56. The molecular formula is C15H17N5O2S. The molecule has 0 fully saturated rings. The number of nitrogens with one attached hydrogen (secondary N) is 2. The molecule has 0 aliphatic heterocycles. The number of carbonyl (C=O) groups is 1. The molecule has 0 saturated carbocycles. The topological polar surface area (TPSA) is 92.9 Å². The van der Waals surface area contributed by atoms with Crippen LogP contribution in [0.4, 0.5) is 10.5 Å². The van der Waals surface area contributed by atoms with Gasteiger partial charge in [-0.05, 0) is 25.1 Å². The van der Waals surface area contributed by atoms with Gasteiger partial charge < -0.3 is 15.1 Å². The molecule has 2 heterocycles. The summed E-state index contributed by atoms with van der Waals surface area (Å²) in [6.45, 7) is 5.73. The lowest BCUT2D eigenvalue weighted by atomic mass is 10.2. The second-order valence-electron chi connectivity index (χ2n) is 5.49. The van der Waals surface area contributed by atoms with E-state index in [2.05, 4.69) is 25.8 Å². The lowest BCUT2D eigenvalue weighted by Crippen LogP contribution is -2.31. The van der Waals surface area contributed by atoms with Gasteiger partial charge in [-0.3, -0.25) is 0 Å². The first kappa shape index (κ1) is 15.4. The molecule has 8 heteroatoms. The van der Waals surface area contributed by atoms with Gasteiger partial charge in [-0.1, -0.05) is 13.8 Å². The lowest BCUT2D eigenvalue weighted by Gasteiger charge is -2.11. The average molecular weight is 331 g/mol. The minimum absolute atomic E-state index is 0.155. The van der Waals surface area contributed by atoms with E-state index in [-0.39, 0.29) is 18.0 Å². The van der Waals surface area contributed by atoms with Gasteiger partial charge in [0.05, 0.1) is 15.7 Å². The zero-order valence-corrected chi connectivity index (χ0v) is 13.8. The van der Waals surface area contributed by atoms with Crippen LogP contribution in [0.15, 0.2) is 28.1 Å². The molecule has 0 bridgehead atoms. The average Bonchev–Trinajstić information content (AvgIpc) is 3.15. The van der Waals surface area contributed by atoms with Crippen LogP contribution in [-0.2, 0) is 0 Å². The molecule has 0 radical (unpaired) electrons. The third-order valence-corrected chi connectivity index (χ3v) is 4.07. The van der Waals surface area contributed by atoms with Gasteiger partial charge in [0.2, 0.25) is 11.8 Å². The van der Waals surface area contributed by atoms with Gasteiger partial charge >= 0.3 is 6.03 Å². The van der Waals surface area contributed by atoms with Crippen LogP contribution in [0, 0.1) is 0 Å². The number of aromatic nitrogens is 3. The molecule has 2 N–H and O–H groups in total. The highest BCUT2D eigenvalue weighted by Gasteiger charge is 2.17. The predicted molar refractivity (Wildman–Crippen MR) is 88.6 cm³/mol. The molecule has 1 aromatic carbocycles. The normalized spacial score (nSPS) is 12.5. The van der Waals surface area contributed by atoms with Crippen LogP contribution in [0.3, 0.4) is 0 Å². The van der Waals surface area contributed by atoms with Crippen LogP contribution in [0.25, 0.3) is 10.2 Å². The van der Waals surface area contributed by atoms with E-state index in [4.69, 9.17) is 4.42 Å². The third-order valence-electron chi connectivity index (χ3n) is 3.26. The summed E-state index contributed by atoms with van der Waals surface area (Å²) in [4.78, 5) is 16.3. The molecule has 3 aromatic rings. The molecular weight excluding hydrogens is 314 g/mol. The first-order valence-corrected chi connectivity index (χ1v) is 8.15. The Kier molecular flexibility index (Phi) is 4.24. The zero-order valence-electron chi connectivity index (χ0n) is 13.0. The number of fused-ring (bicyclic) bond motifs is 1. The van der Waals surface area contributed by atoms with Crippen molar-refractivity contribution in [1.82, 2.24) is 20.5 Å². The van der Waals surface area contributed by atoms with Crippen molar-refractivity contribution in [3.8, 4) is 0 Å². The number of thiazole rings is 1. The summed E-state index contributed by atoms with van der Waals surface area (Å²) in [5, 5.41) is 13.5. The Labute approximate surface area is 137 Å². The molecule has 0 spiro atoms. The monoisotopic (exact) mass is 331 g/mol. The molecule has 2 aromatic heterocycles. The maximum atomic E-state index is 12.1. The number of carbonyl (C=O) groups excluding carboxylic acids is 1. The minimum atomic E-state index is -0.377. The van der Waals surface area contributed by atoms with E-state index in [1.807, 2.05) is 32.0 Å². The number of amides is 2. The van der Waals surface area contributed by atoms with Gasteiger partial charge in [0.25, 0.3) is 0 Å². The van der Waals surface area contributed by atoms with Gasteiger partial charge in [-0.25, -0.2) is 9.78 Å². The summed E-state index contributed by atoms with van der Waals surface area (Å²) < 4.78 is 6.61. The molecule has 120 valence electrons. The Balaban J connectivity index is 1.63. The lowest BCUT2D eigenvalue weighted by molar-refractivity contribution is 0.246. The fourth-order valence-electron chi connectivity index (χ4n) is 2.02. The number of hydrogen-bond acceptors (Lipinski definition) is 6. The van der Waals surface area contributed by atoms with E-state index in [0.29, 0.717) is 17.5 Å². The number of anilines is 1. The highest BCUT2D eigenvalue weighted by atomic mass is 32.1. The van der Waals surface area contributed by atoms with Crippen molar-refractivity contribution in [2.24, 2.45) is 0 Å². The highest BCUT2D eigenvalue weighted by molar-refractivity contribution is 7.16. The highest BCUT2D eigenvalue weighted by Crippen LogP contribution is 2.21. The molecule has 1 atom stereocenters. The summed E-state index contributed by atoms with van der Waals surface area (Å²) in [5.74, 6) is 1.10. The number of benzene rings is 1. The van der Waals surface area contributed by atoms with Gasteiger partial charge in [0.1, 0.15) is 6.04 Å². The van der Waals surface area contributed by atoms with Crippen molar-refractivity contribution in [1.29, 1.82) is 0 Å². The summed E-state index contributed by atoms with van der Waals surface area (Å²) in [7, 11) is 0. The standard InChI is InChI=1S/C15H17N5O2S/c1-8(2)13-19-20-14(22-13)9(3)17-15(21)18-10-4-5-12-11(6-10)16-7-23-12/h4-9H,1-3H3,(H2,17,18,21)/t9-/m0/s1. The van der Waals surface area contributed by atoms with Crippen molar-refractivity contribution in [3.63, 3.8) is 0 Å². The van der Waals surface area contributed by atoms with Crippen molar-refractivity contribution < 1.29 is 9.21 Å². The maximum absolute atomic E-state index is 12.1. The van der Waals surface area contributed by atoms with Gasteiger partial charge in [0, 0.05) is 11.6 Å². The first-order valence-electron chi connectivity index (χ1n) is 7.27. The van der Waals surface area contributed by atoms with Crippen molar-refractivity contribution in [2.75, 3.05) is 5.32 Å². The maximum Gasteiger partial charge on any atom is 0.319 e. The smallest absolute Gasteiger partial charge is 0.319 e. The summed E-state index contributed by atoms with van der Waals surface area (Å²) in [6.07, 6.45) is 0. The quantitative estimate of drug-likeness (QED) is 0.760. The zero-order chi connectivity index (χ0) is 16.4. The van der Waals surface area contributed by atoms with Gasteiger partial charge in [-0.2, -0.15) is 0 Å². The second-order valence-corrected chi connectivity index (χ2v) is 6.37. The predicted octanol–water partition coefficient (Wildman–Crippen LogP) is 3.69. The van der Waals surface area contributed by atoms with Crippen LogP contribution >= 0.6 is 11.3 Å². The van der Waals surface area contributed by atoms with E-state index in [9.17, 15) is 4.79 Å². The van der Waals surface area contributed by atoms with Crippen LogP contribution in [0.2, 0.25) is 0 Å². The van der Waals surface area contributed by atoms with E-state index < -0.39 is 0 Å². The van der Waals surface area contributed by atoms with Crippen LogP contribution in [-0.4, -0.2) is 21.2 Å². The van der Waals surface area contributed by atoms with Gasteiger partial charge in [-0.15, -0.1) is 21.5 Å². The fourth-order valence-corrected chi connectivity index (χ4v) is 2.67. The Hall–Kier alpha value is -2.48. The van der Waals surface area contributed by atoms with Crippen LogP contribution in [0.5, 0.6) is 0 Å². The molecule has 2 amide bonds. The van der Waals surface area contributed by atoms with Gasteiger partial charge in [0.15, 0.2) is 0 Å². The molecule has 23 heavy (non-hydrogen) atoms. The van der Waals surface area contributed by atoms with E-state index in [0.717, 1.165) is 10.2 Å². The molecule has 0 unspecified atom stereocenters. The van der Waals surface area contributed by atoms with Crippen LogP contribution < -0.4 is 10.6 Å². The SMILES string of the molecule is CC(C)c1nnc([C@H](C)NC(=O)Nc2ccc3scnc3c2)o1. The molecule has 0 saturated heterocycles. The summed E-state index contributed by atoms with van der Waals surface area (Å²) in [6, 6.07) is 4.89. The molecule has 7 nitrogen and oxygen atoms in total. The minimum Gasteiger partial charge on any atom is -0.423 e. The number of nitrogens with zero attached hydrogens (tertiary/aromatic N) is 3. The van der Waals surface area contributed by atoms with Crippen LogP contribution in [0.1, 0.15) is 44.5 Å². The molecule has 3 rings (SSSR count). The number of urea groups is 1. The molecule has 0 aliphatic rings. The Morgan fingerprint density at radius 1 is 1.22 bits per heavy atom. The van der Waals surface area contributed by atoms with Crippen molar-refractivity contribution in [2.45, 2.75) is 32.7 Å². The van der Waals surface area contributed by atoms with E-state index in [1.54, 1.807) is 23.8 Å². The first-order chi connectivity index (χ1) is 11.0.